The molecule has 1 atom stereocenters. The van der Waals surface area contributed by atoms with E-state index in [1.54, 1.807) is 0 Å². The van der Waals surface area contributed by atoms with Gasteiger partial charge in [0, 0.05) is 11.6 Å². The van der Waals surface area contributed by atoms with Crippen LogP contribution >= 0.6 is 0 Å². The molecule has 1 rings (SSSR count). The molecule has 0 fully saturated rings. The maximum atomic E-state index is 13.6. The zero-order valence-electron chi connectivity index (χ0n) is 10.6. The monoisotopic (exact) mass is 242 g/mol. The van der Waals surface area contributed by atoms with E-state index in [0.717, 1.165) is 19.5 Å². The van der Waals surface area contributed by atoms with Gasteiger partial charge in [0.1, 0.15) is 11.6 Å². The van der Waals surface area contributed by atoms with Crippen molar-refractivity contribution in [2.45, 2.75) is 19.4 Å². The Morgan fingerprint density at radius 1 is 1.29 bits per heavy atom. The Bertz CT molecular complexity index is 335. The summed E-state index contributed by atoms with van der Waals surface area (Å²) in [5.74, 6) is -0.948. The molecule has 17 heavy (non-hydrogen) atoms. The van der Waals surface area contributed by atoms with Gasteiger partial charge < -0.3 is 5.32 Å². The minimum atomic E-state index is -0.474. The average molecular weight is 242 g/mol. The van der Waals surface area contributed by atoms with Crippen molar-refractivity contribution in [1.29, 1.82) is 0 Å². The lowest BCUT2D eigenvalue weighted by Crippen LogP contribution is -2.27. The van der Waals surface area contributed by atoms with Crippen molar-refractivity contribution in [3.05, 3.63) is 35.4 Å². The highest BCUT2D eigenvalue weighted by molar-refractivity contribution is 5.22. The van der Waals surface area contributed by atoms with Crippen molar-refractivity contribution in [2.24, 2.45) is 0 Å². The number of hydrogen-bond acceptors (Lipinski definition) is 2. The van der Waals surface area contributed by atoms with E-state index in [1.165, 1.54) is 18.2 Å². The van der Waals surface area contributed by atoms with Gasteiger partial charge in [0.15, 0.2) is 0 Å². The molecule has 0 heterocycles. The number of hydrogen-bond donors (Lipinski definition) is 1. The standard InChI is InChI=1S/C13H20F2N2/c1-10(17(3)9-5-8-16-2)13-11(14)6-4-7-12(13)15/h4,6-7,10,16H,5,8-9H2,1-3H3. The smallest absolute Gasteiger partial charge is 0.130 e. The van der Waals surface area contributed by atoms with E-state index in [-0.39, 0.29) is 11.6 Å². The predicted octanol–water partition coefficient (Wildman–Crippen LogP) is 2.57. The molecule has 1 unspecified atom stereocenters. The fourth-order valence-corrected chi connectivity index (χ4v) is 1.83. The summed E-state index contributed by atoms with van der Waals surface area (Å²) in [4.78, 5) is 1.96. The summed E-state index contributed by atoms with van der Waals surface area (Å²) in [5.41, 5.74) is 0.152. The van der Waals surface area contributed by atoms with Gasteiger partial charge in [-0.05, 0) is 52.7 Å². The van der Waals surface area contributed by atoms with Gasteiger partial charge in [0.05, 0.1) is 0 Å². The lowest BCUT2D eigenvalue weighted by Gasteiger charge is -2.25. The van der Waals surface area contributed by atoms with E-state index in [4.69, 9.17) is 0 Å². The van der Waals surface area contributed by atoms with Crippen molar-refractivity contribution in [2.75, 3.05) is 27.2 Å². The molecule has 0 spiro atoms. The number of nitrogens with zero attached hydrogens (tertiary/aromatic N) is 1. The van der Waals surface area contributed by atoms with E-state index < -0.39 is 11.6 Å². The van der Waals surface area contributed by atoms with Gasteiger partial charge in [0.25, 0.3) is 0 Å². The summed E-state index contributed by atoms with van der Waals surface area (Å²) < 4.78 is 27.1. The first kappa shape index (κ1) is 14.1. The zero-order valence-corrected chi connectivity index (χ0v) is 10.6. The Hall–Kier alpha value is -1.00. The minimum absolute atomic E-state index is 0.152. The van der Waals surface area contributed by atoms with Crippen LogP contribution in [0.4, 0.5) is 8.78 Å². The van der Waals surface area contributed by atoms with Gasteiger partial charge in [-0.15, -0.1) is 0 Å². The molecule has 0 bridgehead atoms. The summed E-state index contributed by atoms with van der Waals surface area (Å²) in [5, 5.41) is 3.05. The molecule has 4 heteroatoms. The van der Waals surface area contributed by atoms with Gasteiger partial charge in [-0.25, -0.2) is 8.78 Å². The Morgan fingerprint density at radius 2 is 1.88 bits per heavy atom. The highest BCUT2D eigenvalue weighted by atomic mass is 19.1. The Morgan fingerprint density at radius 3 is 2.41 bits per heavy atom. The molecule has 1 aromatic carbocycles. The minimum Gasteiger partial charge on any atom is -0.320 e. The van der Waals surface area contributed by atoms with Crippen molar-refractivity contribution in [3.63, 3.8) is 0 Å². The van der Waals surface area contributed by atoms with E-state index in [9.17, 15) is 8.78 Å². The molecule has 0 saturated carbocycles. The van der Waals surface area contributed by atoms with Crippen molar-refractivity contribution in [1.82, 2.24) is 10.2 Å². The van der Waals surface area contributed by atoms with Crippen molar-refractivity contribution >= 4 is 0 Å². The second kappa shape index (κ2) is 6.67. The molecular weight excluding hydrogens is 222 g/mol. The van der Waals surface area contributed by atoms with E-state index in [2.05, 4.69) is 5.32 Å². The van der Waals surface area contributed by atoms with Crippen LogP contribution in [0.5, 0.6) is 0 Å². The van der Waals surface area contributed by atoms with Crippen LogP contribution in [-0.4, -0.2) is 32.1 Å². The van der Waals surface area contributed by atoms with E-state index in [1.807, 2.05) is 25.9 Å². The summed E-state index contributed by atoms with van der Waals surface area (Å²) in [6, 6.07) is 3.74. The molecule has 0 saturated heterocycles. The van der Waals surface area contributed by atoms with Crippen LogP contribution in [0.1, 0.15) is 24.9 Å². The van der Waals surface area contributed by atoms with Crippen LogP contribution < -0.4 is 5.32 Å². The fourth-order valence-electron chi connectivity index (χ4n) is 1.83. The molecule has 0 aromatic heterocycles. The molecule has 0 aliphatic heterocycles. The molecule has 0 radical (unpaired) electrons. The van der Waals surface area contributed by atoms with Crippen LogP contribution in [-0.2, 0) is 0 Å². The zero-order chi connectivity index (χ0) is 12.8. The molecule has 0 amide bonds. The van der Waals surface area contributed by atoms with Gasteiger partial charge in [-0.2, -0.15) is 0 Å². The molecule has 0 aliphatic rings. The van der Waals surface area contributed by atoms with Crippen LogP contribution in [0, 0.1) is 11.6 Å². The summed E-state index contributed by atoms with van der Waals surface area (Å²) >= 11 is 0. The predicted molar refractivity (Wildman–Crippen MR) is 65.9 cm³/mol. The molecule has 2 nitrogen and oxygen atoms in total. The molecule has 96 valence electrons. The lowest BCUT2D eigenvalue weighted by molar-refractivity contribution is 0.247. The Balaban J connectivity index is 2.71. The second-order valence-corrected chi connectivity index (χ2v) is 4.25. The van der Waals surface area contributed by atoms with Crippen LogP contribution in [0.25, 0.3) is 0 Å². The first-order chi connectivity index (χ1) is 8.07. The van der Waals surface area contributed by atoms with Crippen molar-refractivity contribution < 1.29 is 8.78 Å². The first-order valence-corrected chi connectivity index (χ1v) is 5.86. The number of benzene rings is 1. The van der Waals surface area contributed by atoms with Gasteiger partial charge >= 0.3 is 0 Å². The normalized spacial score (nSPS) is 13.1. The molecule has 1 aromatic rings. The topological polar surface area (TPSA) is 15.3 Å². The fraction of sp³-hybridized carbons (Fsp3) is 0.538. The molecular formula is C13H20F2N2. The number of halogens is 2. The van der Waals surface area contributed by atoms with Crippen LogP contribution in [0.3, 0.4) is 0 Å². The van der Waals surface area contributed by atoms with Gasteiger partial charge in [-0.3, -0.25) is 4.90 Å². The van der Waals surface area contributed by atoms with E-state index in [0.29, 0.717) is 0 Å². The highest BCUT2D eigenvalue weighted by Gasteiger charge is 2.19. The Labute approximate surface area is 102 Å². The largest absolute Gasteiger partial charge is 0.320 e. The molecule has 1 N–H and O–H groups in total. The Kier molecular flexibility index (Phi) is 5.51. The lowest BCUT2D eigenvalue weighted by atomic mass is 10.1. The maximum absolute atomic E-state index is 13.6. The van der Waals surface area contributed by atoms with Crippen molar-refractivity contribution in [3.8, 4) is 0 Å². The van der Waals surface area contributed by atoms with Crippen LogP contribution in [0.2, 0.25) is 0 Å². The maximum Gasteiger partial charge on any atom is 0.130 e. The second-order valence-electron chi connectivity index (χ2n) is 4.25. The van der Waals surface area contributed by atoms with Crippen LogP contribution in [0.15, 0.2) is 18.2 Å². The summed E-state index contributed by atoms with van der Waals surface area (Å²) in [6.07, 6.45) is 0.952. The third-order valence-corrected chi connectivity index (χ3v) is 3.02. The SMILES string of the molecule is CNCCCN(C)C(C)c1c(F)cccc1F. The third kappa shape index (κ3) is 3.75. The van der Waals surface area contributed by atoms with Gasteiger partial charge in [0.2, 0.25) is 0 Å². The average Bonchev–Trinajstić information content (AvgIpc) is 2.28. The quantitative estimate of drug-likeness (QED) is 0.771. The summed E-state index contributed by atoms with van der Waals surface area (Å²) in [7, 11) is 3.77. The first-order valence-electron chi connectivity index (χ1n) is 5.86. The van der Waals surface area contributed by atoms with E-state index >= 15 is 0 Å². The third-order valence-electron chi connectivity index (χ3n) is 3.02. The van der Waals surface area contributed by atoms with Gasteiger partial charge in [-0.1, -0.05) is 6.07 Å². The summed E-state index contributed by atoms with van der Waals surface area (Å²) in [6.45, 7) is 3.52. The molecule has 0 aliphatic carbocycles. The highest BCUT2D eigenvalue weighted by Crippen LogP contribution is 2.24. The number of nitrogens with one attached hydrogen (secondary N) is 1. The number of rotatable bonds is 6.